The van der Waals surface area contributed by atoms with Gasteiger partial charge in [0.05, 0.1) is 6.61 Å². The molecule has 1 aliphatic heterocycles. The van der Waals surface area contributed by atoms with Gasteiger partial charge in [-0.3, -0.25) is 0 Å². The molecule has 2 N–H and O–H groups in total. The van der Waals surface area contributed by atoms with Gasteiger partial charge in [-0.25, -0.2) is 4.39 Å². The molecule has 1 aromatic carbocycles. The second-order valence-corrected chi connectivity index (χ2v) is 4.62. The molecule has 1 aliphatic rings. The zero-order valence-corrected chi connectivity index (χ0v) is 9.58. The van der Waals surface area contributed by atoms with Crippen LogP contribution in [-0.4, -0.2) is 13.2 Å². The highest BCUT2D eigenvalue weighted by Crippen LogP contribution is 2.38. The quantitative estimate of drug-likeness (QED) is 0.782. The fraction of sp³-hybridized carbons (Fsp3) is 0.538. The number of hydrogen-bond acceptors (Lipinski definition) is 2. The van der Waals surface area contributed by atoms with Gasteiger partial charge in [0, 0.05) is 18.2 Å². The van der Waals surface area contributed by atoms with Crippen molar-refractivity contribution < 1.29 is 9.13 Å². The van der Waals surface area contributed by atoms with Gasteiger partial charge in [0.1, 0.15) is 5.67 Å². The monoisotopic (exact) mass is 223 g/mol. The molecule has 0 amide bonds. The average Bonchev–Trinajstić information content (AvgIpc) is 2.30. The highest BCUT2D eigenvalue weighted by atomic mass is 19.1. The minimum absolute atomic E-state index is 0.0666. The molecule has 2 nitrogen and oxygen atoms in total. The molecule has 1 saturated heterocycles. The first-order valence-electron chi connectivity index (χ1n) is 5.73. The van der Waals surface area contributed by atoms with Crippen molar-refractivity contribution in [3.05, 3.63) is 29.8 Å². The van der Waals surface area contributed by atoms with E-state index in [2.05, 4.69) is 0 Å². The molecule has 2 atom stereocenters. The number of alkyl halides is 1. The Kier molecular flexibility index (Phi) is 3.15. The lowest BCUT2D eigenvalue weighted by Gasteiger charge is -2.33. The van der Waals surface area contributed by atoms with Crippen molar-refractivity contribution in [2.75, 3.05) is 18.9 Å². The Labute approximate surface area is 95.6 Å². The van der Waals surface area contributed by atoms with Crippen LogP contribution in [0.3, 0.4) is 0 Å². The summed E-state index contributed by atoms with van der Waals surface area (Å²) < 4.78 is 20.1. The summed E-state index contributed by atoms with van der Waals surface area (Å²) in [6, 6.07) is 7.09. The second-order valence-electron chi connectivity index (χ2n) is 4.62. The number of benzene rings is 1. The summed E-state index contributed by atoms with van der Waals surface area (Å²) in [5.74, 6) is -0.0666. The first-order valence-corrected chi connectivity index (χ1v) is 5.73. The van der Waals surface area contributed by atoms with E-state index in [4.69, 9.17) is 10.5 Å². The maximum absolute atomic E-state index is 14.8. The molecule has 1 aromatic rings. The maximum Gasteiger partial charge on any atom is 0.138 e. The van der Waals surface area contributed by atoms with Crippen molar-refractivity contribution in [2.24, 2.45) is 5.92 Å². The van der Waals surface area contributed by atoms with Crippen LogP contribution in [0.1, 0.15) is 25.3 Å². The first-order chi connectivity index (χ1) is 7.60. The van der Waals surface area contributed by atoms with Gasteiger partial charge in [0.15, 0.2) is 0 Å². The average molecular weight is 223 g/mol. The maximum atomic E-state index is 14.8. The largest absolute Gasteiger partial charge is 0.399 e. The molecule has 1 fully saturated rings. The van der Waals surface area contributed by atoms with E-state index < -0.39 is 5.67 Å². The van der Waals surface area contributed by atoms with E-state index in [-0.39, 0.29) is 5.92 Å². The molecular formula is C13H18FNO. The zero-order chi connectivity index (χ0) is 11.6. The van der Waals surface area contributed by atoms with Crippen molar-refractivity contribution in [2.45, 2.75) is 25.4 Å². The lowest BCUT2D eigenvalue weighted by molar-refractivity contribution is -0.0232. The molecule has 3 heteroatoms. The van der Waals surface area contributed by atoms with E-state index >= 15 is 0 Å². The van der Waals surface area contributed by atoms with Crippen molar-refractivity contribution in [1.29, 1.82) is 0 Å². The predicted octanol–water partition coefficient (Wildman–Crippen LogP) is 2.88. The predicted molar refractivity (Wildman–Crippen MR) is 62.9 cm³/mol. The molecule has 1 heterocycles. The van der Waals surface area contributed by atoms with Crippen LogP contribution in [0, 0.1) is 5.92 Å². The smallest absolute Gasteiger partial charge is 0.138 e. The summed E-state index contributed by atoms with van der Waals surface area (Å²) in [4.78, 5) is 0. The van der Waals surface area contributed by atoms with E-state index in [9.17, 15) is 4.39 Å². The fourth-order valence-electron chi connectivity index (χ4n) is 2.25. The summed E-state index contributed by atoms with van der Waals surface area (Å²) in [5, 5.41) is 0. The number of nitrogen functional groups attached to an aromatic ring is 1. The Bertz CT molecular complexity index is 359. The highest BCUT2D eigenvalue weighted by Gasteiger charge is 2.37. The van der Waals surface area contributed by atoms with Gasteiger partial charge in [0.25, 0.3) is 0 Å². The van der Waals surface area contributed by atoms with Crippen molar-refractivity contribution in [3.8, 4) is 0 Å². The van der Waals surface area contributed by atoms with Crippen LogP contribution in [0.15, 0.2) is 24.3 Å². The second kappa shape index (κ2) is 4.42. The van der Waals surface area contributed by atoms with E-state index in [1.165, 1.54) is 0 Å². The molecule has 88 valence electrons. The molecule has 0 aliphatic carbocycles. The zero-order valence-electron chi connectivity index (χ0n) is 9.58. The summed E-state index contributed by atoms with van der Waals surface area (Å²) >= 11 is 0. The summed E-state index contributed by atoms with van der Waals surface area (Å²) in [6.45, 7) is 2.88. The Balaban J connectivity index is 2.22. The summed E-state index contributed by atoms with van der Waals surface area (Å²) in [5.41, 5.74) is 5.60. The SMILES string of the molecule is CC(F)(c1cccc(N)c1)C1CCCOC1. The third-order valence-electron chi connectivity index (χ3n) is 3.38. The minimum atomic E-state index is -1.35. The number of nitrogens with two attached hydrogens (primary N) is 1. The van der Waals surface area contributed by atoms with E-state index in [0.717, 1.165) is 19.4 Å². The molecular weight excluding hydrogens is 205 g/mol. The van der Waals surface area contributed by atoms with Crippen LogP contribution in [0.4, 0.5) is 10.1 Å². The van der Waals surface area contributed by atoms with Gasteiger partial charge < -0.3 is 10.5 Å². The van der Waals surface area contributed by atoms with Gasteiger partial charge in [-0.1, -0.05) is 12.1 Å². The molecule has 0 radical (unpaired) electrons. The number of halogens is 1. The van der Waals surface area contributed by atoms with Crippen LogP contribution in [0.5, 0.6) is 0 Å². The lowest BCUT2D eigenvalue weighted by atomic mass is 9.81. The Morgan fingerprint density at radius 2 is 2.31 bits per heavy atom. The molecule has 0 saturated carbocycles. The highest BCUT2D eigenvalue weighted by molar-refractivity contribution is 5.42. The molecule has 2 unspecified atom stereocenters. The van der Waals surface area contributed by atoms with Crippen LogP contribution in [0.2, 0.25) is 0 Å². The Morgan fingerprint density at radius 1 is 1.50 bits per heavy atom. The van der Waals surface area contributed by atoms with Crippen LogP contribution in [-0.2, 0) is 10.4 Å². The van der Waals surface area contributed by atoms with E-state index in [1.807, 2.05) is 0 Å². The van der Waals surface area contributed by atoms with Gasteiger partial charge in [0.2, 0.25) is 0 Å². The van der Waals surface area contributed by atoms with E-state index in [1.54, 1.807) is 31.2 Å². The molecule has 16 heavy (non-hydrogen) atoms. The standard InChI is InChI=1S/C13H18FNO/c1-13(14,11-5-3-7-16-9-11)10-4-2-6-12(15)8-10/h2,4,6,8,11H,3,5,7,9,15H2,1H3. The Morgan fingerprint density at radius 3 is 2.94 bits per heavy atom. The normalized spacial score (nSPS) is 25.0. The number of rotatable bonds is 2. The first kappa shape index (κ1) is 11.4. The van der Waals surface area contributed by atoms with Crippen molar-refractivity contribution in [1.82, 2.24) is 0 Å². The van der Waals surface area contributed by atoms with Gasteiger partial charge in [-0.05, 0) is 37.5 Å². The summed E-state index contributed by atoms with van der Waals surface area (Å²) in [7, 11) is 0. The molecule has 0 aromatic heterocycles. The van der Waals surface area contributed by atoms with Gasteiger partial charge in [-0.2, -0.15) is 0 Å². The van der Waals surface area contributed by atoms with Crippen LogP contribution < -0.4 is 5.73 Å². The van der Waals surface area contributed by atoms with Crippen LogP contribution in [0.25, 0.3) is 0 Å². The minimum Gasteiger partial charge on any atom is -0.399 e. The number of anilines is 1. The third kappa shape index (κ3) is 2.19. The molecule has 0 spiro atoms. The topological polar surface area (TPSA) is 35.2 Å². The Hall–Kier alpha value is -1.09. The lowest BCUT2D eigenvalue weighted by Crippen LogP contribution is -2.34. The van der Waals surface area contributed by atoms with Gasteiger partial charge >= 0.3 is 0 Å². The van der Waals surface area contributed by atoms with Gasteiger partial charge in [-0.15, -0.1) is 0 Å². The fourth-order valence-corrected chi connectivity index (χ4v) is 2.25. The van der Waals surface area contributed by atoms with Crippen molar-refractivity contribution in [3.63, 3.8) is 0 Å². The van der Waals surface area contributed by atoms with E-state index in [0.29, 0.717) is 17.9 Å². The number of ether oxygens (including phenoxy) is 1. The molecule has 2 rings (SSSR count). The van der Waals surface area contributed by atoms with Crippen molar-refractivity contribution >= 4 is 5.69 Å². The third-order valence-corrected chi connectivity index (χ3v) is 3.38. The number of hydrogen-bond donors (Lipinski definition) is 1. The van der Waals surface area contributed by atoms with Crippen LogP contribution >= 0.6 is 0 Å². The summed E-state index contributed by atoms with van der Waals surface area (Å²) in [6.07, 6.45) is 1.81. The molecule has 0 bridgehead atoms.